The summed E-state index contributed by atoms with van der Waals surface area (Å²) in [6, 6.07) is 12.0. The molecule has 2 aromatic rings. The maximum atomic E-state index is 13.7. The van der Waals surface area contributed by atoms with E-state index in [4.69, 9.17) is 0 Å². The molecule has 0 spiro atoms. The molecule has 0 aromatic heterocycles. The van der Waals surface area contributed by atoms with Gasteiger partial charge < -0.3 is 0 Å². The topological polar surface area (TPSA) is 0 Å². The first-order valence-electron chi connectivity index (χ1n) is 7.17. The Bertz CT molecular complexity index is 558. The molecule has 0 amide bonds. The third-order valence-corrected chi connectivity index (χ3v) is 3.73. The highest BCUT2D eigenvalue weighted by atomic mass is 19.2. The van der Waals surface area contributed by atoms with Gasteiger partial charge in [-0.1, -0.05) is 63.1 Å². The lowest BCUT2D eigenvalue weighted by atomic mass is 9.93. The highest BCUT2D eigenvalue weighted by molar-refractivity contribution is 5.64. The third-order valence-electron chi connectivity index (χ3n) is 3.73. The lowest BCUT2D eigenvalue weighted by molar-refractivity contribution is 0.511. The van der Waals surface area contributed by atoms with Gasteiger partial charge in [0, 0.05) is 5.56 Å². The van der Waals surface area contributed by atoms with Crippen LogP contribution < -0.4 is 0 Å². The predicted octanol–water partition coefficient (Wildman–Crippen LogP) is 5.93. The molecule has 1 unspecified atom stereocenters. The van der Waals surface area contributed by atoms with Gasteiger partial charge in [-0.2, -0.15) is 0 Å². The Kier molecular flexibility index (Phi) is 4.89. The lowest BCUT2D eigenvalue weighted by Gasteiger charge is -2.12. The van der Waals surface area contributed by atoms with Crippen LogP contribution in [-0.4, -0.2) is 0 Å². The van der Waals surface area contributed by atoms with E-state index < -0.39 is 11.6 Å². The van der Waals surface area contributed by atoms with Gasteiger partial charge in [0.05, 0.1) is 0 Å². The fourth-order valence-corrected chi connectivity index (χ4v) is 2.39. The third kappa shape index (κ3) is 3.24. The standard InChI is InChI=1S/C18H20F2/c1-3-4-6-13(2)14-9-11-15(12-10-14)16-7-5-8-17(19)18(16)20/h5,7-13H,3-4,6H2,1-2H3. The smallest absolute Gasteiger partial charge is 0.166 e. The Morgan fingerprint density at radius 1 is 1.00 bits per heavy atom. The molecule has 0 N–H and O–H groups in total. The molecule has 1 atom stereocenters. The first kappa shape index (κ1) is 14.7. The summed E-state index contributed by atoms with van der Waals surface area (Å²) in [5.74, 6) is -1.08. The fraction of sp³-hybridized carbons (Fsp3) is 0.333. The first-order chi connectivity index (χ1) is 9.63. The maximum absolute atomic E-state index is 13.7. The molecule has 0 aliphatic carbocycles. The van der Waals surface area contributed by atoms with Crippen LogP contribution in [0.4, 0.5) is 8.78 Å². The molecular formula is C18H20F2. The number of benzene rings is 2. The summed E-state index contributed by atoms with van der Waals surface area (Å²) < 4.78 is 27.0. The van der Waals surface area contributed by atoms with Crippen molar-refractivity contribution >= 4 is 0 Å². The molecule has 0 heterocycles. The Hall–Kier alpha value is -1.70. The van der Waals surface area contributed by atoms with Crippen molar-refractivity contribution in [1.82, 2.24) is 0 Å². The van der Waals surface area contributed by atoms with Crippen molar-refractivity contribution in [3.05, 3.63) is 59.7 Å². The molecule has 2 heteroatoms. The van der Waals surface area contributed by atoms with E-state index in [2.05, 4.69) is 13.8 Å². The maximum Gasteiger partial charge on any atom is 0.166 e. The molecule has 0 saturated heterocycles. The van der Waals surface area contributed by atoms with Gasteiger partial charge in [0.2, 0.25) is 0 Å². The van der Waals surface area contributed by atoms with Crippen molar-refractivity contribution in [2.75, 3.05) is 0 Å². The summed E-state index contributed by atoms with van der Waals surface area (Å²) in [5, 5.41) is 0. The van der Waals surface area contributed by atoms with Crippen LogP contribution in [0, 0.1) is 11.6 Å². The molecule has 2 aromatic carbocycles. The largest absolute Gasteiger partial charge is 0.204 e. The highest BCUT2D eigenvalue weighted by Crippen LogP contribution is 2.27. The number of unbranched alkanes of at least 4 members (excludes halogenated alkanes) is 1. The summed E-state index contributed by atoms with van der Waals surface area (Å²) in [6.07, 6.45) is 3.56. The zero-order chi connectivity index (χ0) is 14.5. The van der Waals surface area contributed by atoms with Gasteiger partial charge in [0.15, 0.2) is 11.6 Å². The van der Waals surface area contributed by atoms with Gasteiger partial charge >= 0.3 is 0 Å². The van der Waals surface area contributed by atoms with Crippen LogP contribution in [0.2, 0.25) is 0 Å². The molecule has 2 rings (SSSR count). The summed E-state index contributed by atoms with van der Waals surface area (Å²) in [6.45, 7) is 4.38. The Labute approximate surface area is 119 Å². The van der Waals surface area contributed by atoms with Gasteiger partial charge in [-0.15, -0.1) is 0 Å². The Morgan fingerprint density at radius 3 is 2.35 bits per heavy atom. The van der Waals surface area contributed by atoms with Crippen LogP contribution in [0.3, 0.4) is 0 Å². The summed E-state index contributed by atoms with van der Waals surface area (Å²) in [5.41, 5.74) is 2.28. The van der Waals surface area contributed by atoms with E-state index >= 15 is 0 Å². The van der Waals surface area contributed by atoms with Crippen molar-refractivity contribution < 1.29 is 8.78 Å². The quantitative estimate of drug-likeness (QED) is 0.634. The summed E-state index contributed by atoms with van der Waals surface area (Å²) in [4.78, 5) is 0. The van der Waals surface area contributed by atoms with Crippen LogP contribution in [0.25, 0.3) is 11.1 Å². The van der Waals surface area contributed by atoms with Crippen molar-refractivity contribution in [2.45, 2.75) is 39.0 Å². The van der Waals surface area contributed by atoms with Gasteiger partial charge in [-0.25, -0.2) is 8.78 Å². The van der Waals surface area contributed by atoms with Crippen LogP contribution in [-0.2, 0) is 0 Å². The van der Waals surface area contributed by atoms with E-state index in [9.17, 15) is 8.78 Å². The van der Waals surface area contributed by atoms with Gasteiger partial charge in [0.25, 0.3) is 0 Å². The number of hydrogen-bond donors (Lipinski definition) is 0. The monoisotopic (exact) mass is 274 g/mol. The second-order valence-electron chi connectivity index (χ2n) is 5.27. The lowest BCUT2D eigenvalue weighted by Crippen LogP contribution is -1.94. The number of halogens is 2. The second-order valence-corrected chi connectivity index (χ2v) is 5.27. The van der Waals surface area contributed by atoms with E-state index in [1.54, 1.807) is 6.07 Å². The minimum Gasteiger partial charge on any atom is -0.204 e. The first-order valence-corrected chi connectivity index (χ1v) is 7.17. The van der Waals surface area contributed by atoms with E-state index in [1.807, 2.05) is 24.3 Å². The zero-order valence-electron chi connectivity index (χ0n) is 12.0. The second kappa shape index (κ2) is 6.65. The molecule has 20 heavy (non-hydrogen) atoms. The van der Waals surface area contributed by atoms with Crippen molar-refractivity contribution in [2.24, 2.45) is 0 Å². The molecular weight excluding hydrogens is 254 g/mol. The molecule has 0 fully saturated rings. The molecule has 0 saturated carbocycles. The molecule has 0 radical (unpaired) electrons. The molecule has 0 aliphatic heterocycles. The van der Waals surface area contributed by atoms with E-state index in [-0.39, 0.29) is 0 Å². The van der Waals surface area contributed by atoms with Crippen LogP contribution in [0.1, 0.15) is 44.6 Å². The van der Waals surface area contributed by atoms with Crippen molar-refractivity contribution in [3.8, 4) is 11.1 Å². The van der Waals surface area contributed by atoms with Gasteiger partial charge in [0.1, 0.15) is 0 Å². The summed E-state index contributed by atoms with van der Waals surface area (Å²) >= 11 is 0. The Morgan fingerprint density at radius 2 is 1.70 bits per heavy atom. The SMILES string of the molecule is CCCCC(C)c1ccc(-c2cccc(F)c2F)cc1. The number of hydrogen-bond acceptors (Lipinski definition) is 0. The van der Waals surface area contributed by atoms with E-state index in [1.165, 1.54) is 24.5 Å². The van der Waals surface area contributed by atoms with Crippen molar-refractivity contribution in [1.29, 1.82) is 0 Å². The highest BCUT2D eigenvalue weighted by Gasteiger charge is 2.10. The molecule has 0 aliphatic rings. The molecule has 0 bridgehead atoms. The minimum atomic E-state index is -0.803. The Balaban J connectivity index is 2.22. The molecule has 106 valence electrons. The number of rotatable bonds is 5. The van der Waals surface area contributed by atoms with Crippen LogP contribution in [0.5, 0.6) is 0 Å². The average molecular weight is 274 g/mol. The minimum absolute atomic E-state index is 0.317. The van der Waals surface area contributed by atoms with E-state index in [0.29, 0.717) is 17.0 Å². The average Bonchev–Trinajstić information content (AvgIpc) is 2.48. The van der Waals surface area contributed by atoms with E-state index in [0.717, 1.165) is 12.5 Å². The zero-order valence-corrected chi connectivity index (χ0v) is 12.0. The predicted molar refractivity (Wildman–Crippen MR) is 79.7 cm³/mol. The fourth-order valence-electron chi connectivity index (χ4n) is 2.39. The van der Waals surface area contributed by atoms with Crippen LogP contribution in [0.15, 0.2) is 42.5 Å². The van der Waals surface area contributed by atoms with Gasteiger partial charge in [-0.05, 0) is 29.5 Å². The van der Waals surface area contributed by atoms with Crippen molar-refractivity contribution in [3.63, 3.8) is 0 Å². The molecule has 0 nitrogen and oxygen atoms in total. The normalized spacial score (nSPS) is 12.4. The summed E-state index contributed by atoms with van der Waals surface area (Å²) in [7, 11) is 0. The van der Waals surface area contributed by atoms with Crippen LogP contribution >= 0.6 is 0 Å². The van der Waals surface area contributed by atoms with Gasteiger partial charge in [-0.3, -0.25) is 0 Å².